The van der Waals surface area contributed by atoms with E-state index in [0.717, 1.165) is 123 Å². The van der Waals surface area contributed by atoms with Crippen molar-refractivity contribution in [3.05, 3.63) is 96.1 Å². The Labute approximate surface area is 321 Å². The van der Waals surface area contributed by atoms with Crippen molar-refractivity contribution in [1.29, 1.82) is 0 Å². The fourth-order valence-corrected chi connectivity index (χ4v) is 6.26. The lowest BCUT2D eigenvalue weighted by atomic mass is 10.1. The Balaban J connectivity index is 0.870. The molecule has 8 nitrogen and oxygen atoms in total. The Morgan fingerprint density at radius 2 is 0.833 bits per heavy atom. The highest BCUT2D eigenvalue weighted by Crippen LogP contribution is 2.32. The van der Waals surface area contributed by atoms with E-state index in [1.807, 2.05) is 61.0 Å². The number of unbranched alkanes of at least 4 members (excludes halogenated alkanes) is 10. The van der Waals surface area contributed by atoms with Crippen LogP contribution in [0.5, 0.6) is 11.5 Å². The molecular weight excluding hydrogens is 677 g/mol. The third kappa shape index (κ3) is 15.0. The number of epoxide rings is 2. The minimum atomic E-state index is 0.369. The summed E-state index contributed by atoms with van der Waals surface area (Å²) < 4.78 is 33.5. The van der Waals surface area contributed by atoms with Gasteiger partial charge in [-0.15, -0.1) is 0 Å². The van der Waals surface area contributed by atoms with Crippen LogP contribution in [0.25, 0.3) is 10.8 Å². The molecule has 54 heavy (non-hydrogen) atoms. The highest BCUT2D eigenvalue weighted by atomic mass is 16.6. The molecule has 0 amide bonds. The molecule has 288 valence electrons. The minimum Gasteiger partial charge on any atom is -0.494 e. The van der Waals surface area contributed by atoms with Gasteiger partial charge in [0.2, 0.25) is 0 Å². The number of nitrogens with zero attached hydrogens (tertiary/aromatic N) is 2. The normalized spacial score (nSPS) is 16.4. The van der Waals surface area contributed by atoms with Crippen molar-refractivity contribution in [2.45, 2.75) is 89.3 Å². The summed E-state index contributed by atoms with van der Waals surface area (Å²) >= 11 is 0. The zero-order valence-electron chi connectivity index (χ0n) is 31.9. The van der Waals surface area contributed by atoms with Crippen LogP contribution in [-0.4, -0.2) is 77.5 Å². The second-order valence-corrected chi connectivity index (χ2v) is 14.3. The van der Waals surface area contributed by atoms with E-state index >= 15 is 0 Å². The molecular formula is C46H58N2O6. The summed E-state index contributed by atoms with van der Waals surface area (Å²) in [4.78, 5) is 9.71. The van der Waals surface area contributed by atoms with Gasteiger partial charge < -0.3 is 28.4 Å². The number of aliphatic imine (C=N–C) groups is 2. The third-order valence-electron chi connectivity index (χ3n) is 9.66. The average Bonchev–Trinajstić information content (AvgIpc) is 4.15. The summed E-state index contributed by atoms with van der Waals surface area (Å²) in [5.41, 5.74) is 3.89. The van der Waals surface area contributed by atoms with Gasteiger partial charge in [-0.3, -0.25) is 9.98 Å². The summed E-state index contributed by atoms with van der Waals surface area (Å²) in [5.74, 6) is 1.79. The largest absolute Gasteiger partial charge is 0.494 e. The zero-order valence-corrected chi connectivity index (χ0v) is 31.9. The average molecular weight is 735 g/mol. The van der Waals surface area contributed by atoms with Gasteiger partial charge in [0.05, 0.1) is 51.0 Å². The van der Waals surface area contributed by atoms with Gasteiger partial charge >= 0.3 is 0 Å². The molecule has 2 heterocycles. The maximum absolute atomic E-state index is 5.99. The first-order valence-corrected chi connectivity index (χ1v) is 20.2. The highest BCUT2D eigenvalue weighted by molar-refractivity contribution is 6.02. The second-order valence-electron chi connectivity index (χ2n) is 14.3. The molecule has 2 saturated heterocycles. The van der Waals surface area contributed by atoms with E-state index in [9.17, 15) is 0 Å². The Kier molecular flexibility index (Phi) is 16.9. The molecule has 0 N–H and O–H groups in total. The summed E-state index contributed by atoms with van der Waals surface area (Å²) in [6.45, 7) is 6.46. The molecule has 2 unspecified atom stereocenters. The predicted molar refractivity (Wildman–Crippen MR) is 219 cm³/mol. The van der Waals surface area contributed by atoms with E-state index in [2.05, 4.69) is 36.4 Å². The van der Waals surface area contributed by atoms with E-state index < -0.39 is 0 Å². The number of hydrogen-bond acceptors (Lipinski definition) is 8. The molecule has 0 spiro atoms. The first-order valence-electron chi connectivity index (χ1n) is 20.2. The molecule has 0 aromatic heterocycles. The highest BCUT2D eigenvalue weighted by Gasteiger charge is 2.22. The number of hydrogen-bond donors (Lipinski definition) is 0. The number of fused-ring (bicyclic) bond motifs is 1. The van der Waals surface area contributed by atoms with Crippen LogP contribution in [0.2, 0.25) is 0 Å². The van der Waals surface area contributed by atoms with Crippen molar-refractivity contribution >= 4 is 34.6 Å². The quantitative estimate of drug-likeness (QED) is 0.0328. The SMILES string of the molecule is C(=Nc1cccc2c(N=Cc3ccc(OCCCCCCCCOCC4CO4)cc3)cccc12)c1ccc(OCCCCCCCCOCC2CO2)cc1. The maximum atomic E-state index is 5.99. The van der Waals surface area contributed by atoms with E-state index in [0.29, 0.717) is 12.2 Å². The Morgan fingerprint density at radius 1 is 0.463 bits per heavy atom. The van der Waals surface area contributed by atoms with Gasteiger partial charge in [0.15, 0.2) is 0 Å². The molecule has 0 saturated carbocycles. The van der Waals surface area contributed by atoms with Crippen LogP contribution < -0.4 is 9.47 Å². The van der Waals surface area contributed by atoms with Crippen molar-refractivity contribution in [2.24, 2.45) is 9.98 Å². The number of ether oxygens (including phenoxy) is 6. The minimum absolute atomic E-state index is 0.369. The van der Waals surface area contributed by atoms with Crippen LogP contribution in [0, 0.1) is 0 Å². The van der Waals surface area contributed by atoms with Crippen LogP contribution >= 0.6 is 0 Å². The molecule has 2 aliphatic heterocycles. The van der Waals surface area contributed by atoms with Crippen molar-refractivity contribution < 1.29 is 28.4 Å². The first kappa shape index (κ1) is 39.6. The standard InChI is InChI=1S/C46H58N2O6/c1(5-9-27-49-33-41-35-53-41)3-7-11-29-51-39-23-19-37(20-24-39)31-47-45-17-13-16-44-43(45)15-14-18-46(44)48-32-38-21-25-40(26-22-38)52-30-12-8-4-2-6-10-28-50-34-42-36-54-42/h13-26,31-32,41-42H,1-12,27-30,33-36H2. The molecule has 0 aliphatic carbocycles. The predicted octanol–water partition coefficient (Wildman–Crippen LogP) is 10.6. The van der Waals surface area contributed by atoms with Crippen molar-refractivity contribution in [3.8, 4) is 11.5 Å². The monoisotopic (exact) mass is 734 g/mol. The number of benzene rings is 4. The summed E-state index contributed by atoms with van der Waals surface area (Å²) in [6, 6.07) is 28.7. The summed E-state index contributed by atoms with van der Waals surface area (Å²) in [7, 11) is 0. The fraction of sp³-hybridized carbons (Fsp3) is 0.478. The van der Waals surface area contributed by atoms with Crippen LogP contribution in [-0.2, 0) is 18.9 Å². The van der Waals surface area contributed by atoms with Crippen molar-refractivity contribution in [2.75, 3.05) is 52.9 Å². The van der Waals surface area contributed by atoms with E-state index in [1.165, 1.54) is 51.4 Å². The fourth-order valence-electron chi connectivity index (χ4n) is 6.26. The maximum Gasteiger partial charge on any atom is 0.119 e. The number of rotatable bonds is 28. The van der Waals surface area contributed by atoms with Crippen LogP contribution in [0.1, 0.15) is 88.2 Å². The molecule has 4 aromatic rings. The van der Waals surface area contributed by atoms with Gasteiger partial charge in [0.1, 0.15) is 23.7 Å². The molecule has 2 fully saturated rings. The second kappa shape index (κ2) is 23.0. The molecule has 2 atom stereocenters. The lowest BCUT2D eigenvalue weighted by Crippen LogP contribution is -2.02. The lowest BCUT2D eigenvalue weighted by molar-refractivity contribution is 0.113. The van der Waals surface area contributed by atoms with Gasteiger partial charge in [-0.2, -0.15) is 0 Å². The first-order chi connectivity index (χ1) is 26.8. The Morgan fingerprint density at radius 3 is 1.22 bits per heavy atom. The van der Waals surface area contributed by atoms with Gasteiger partial charge in [-0.05, 0) is 97.5 Å². The molecule has 0 bridgehead atoms. The van der Waals surface area contributed by atoms with E-state index in [-0.39, 0.29) is 0 Å². The molecule has 8 heteroatoms. The summed E-state index contributed by atoms with van der Waals surface area (Å²) in [5, 5.41) is 2.13. The van der Waals surface area contributed by atoms with Crippen molar-refractivity contribution in [1.82, 2.24) is 0 Å². The lowest BCUT2D eigenvalue weighted by Gasteiger charge is -2.07. The third-order valence-corrected chi connectivity index (χ3v) is 9.66. The van der Waals surface area contributed by atoms with Crippen LogP contribution in [0.4, 0.5) is 11.4 Å². The van der Waals surface area contributed by atoms with Crippen LogP contribution in [0.3, 0.4) is 0 Å². The smallest absolute Gasteiger partial charge is 0.119 e. The van der Waals surface area contributed by atoms with Gasteiger partial charge in [0, 0.05) is 36.4 Å². The van der Waals surface area contributed by atoms with E-state index in [1.54, 1.807) is 0 Å². The van der Waals surface area contributed by atoms with Gasteiger partial charge in [-0.25, -0.2) is 0 Å². The topological polar surface area (TPSA) is 86.7 Å². The van der Waals surface area contributed by atoms with Gasteiger partial charge in [-0.1, -0.05) is 75.6 Å². The van der Waals surface area contributed by atoms with E-state index in [4.69, 9.17) is 38.4 Å². The van der Waals surface area contributed by atoms with Gasteiger partial charge in [0.25, 0.3) is 0 Å². The molecule has 4 aromatic carbocycles. The van der Waals surface area contributed by atoms with Crippen LogP contribution in [0.15, 0.2) is 94.9 Å². The molecule has 0 radical (unpaired) electrons. The molecule has 2 aliphatic rings. The zero-order chi connectivity index (χ0) is 36.9. The Bertz CT molecular complexity index is 1570. The van der Waals surface area contributed by atoms with Crippen molar-refractivity contribution in [3.63, 3.8) is 0 Å². The molecule has 6 rings (SSSR count). The Hall–Kier alpha value is -4.08. The summed E-state index contributed by atoms with van der Waals surface area (Å²) in [6.07, 6.45) is 18.8.